The van der Waals surface area contributed by atoms with Gasteiger partial charge in [0.1, 0.15) is 32.3 Å². The van der Waals surface area contributed by atoms with E-state index in [9.17, 15) is 4.79 Å². The number of aryl methyl sites for hydroxylation is 1. The van der Waals surface area contributed by atoms with E-state index in [2.05, 4.69) is 34.6 Å². The van der Waals surface area contributed by atoms with Crippen LogP contribution in [0.1, 0.15) is 35.6 Å². The molecule has 34 heavy (non-hydrogen) atoms. The lowest BCUT2D eigenvalue weighted by Crippen LogP contribution is -2.29. The number of carbonyl (C=O) groups excluding carboxylic acids is 1. The van der Waals surface area contributed by atoms with Crippen molar-refractivity contribution in [1.82, 2.24) is 10.8 Å². The van der Waals surface area contributed by atoms with Gasteiger partial charge in [-0.1, -0.05) is 48.1 Å². The van der Waals surface area contributed by atoms with Crippen molar-refractivity contribution < 1.29 is 24.0 Å². The second kappa shape index (κ2) is 13.6. The average Bonchev–Trinajstić information content (AvgIpc) is 2.85. The predicted molar refractivity (Wildman–Crippen MR) is 132 cm³/mol. The average molecular weight is 469 g/mol. The summed E-state index contributed by atoms with van der Waals surface area (Å²) in [6.07, 6.45) is 0.931. The molecule has 0 bridgehead atoms. The third-order valence-electron chi connectivity index (χ3n) is 4.71. The van der Waals surface area contributed by atoms with Gasteiger partial charge in [0, 0.05) is 18.2 Å². The van der Waals surface area contributed by atoms with E-state index in [1.165, 1.54) is 21.3 Å². The number of amides is 1. The minimum atomic E-state index is -0.372. The van der Waals surface area contributed by atoms with Crippen LogP contribution in [0.4, 0.5) is 0 Å². The molecule has 0 aliphatic carbocycles. The number of benzene rings is 2. The van der Waals surface area contributed by atoms with Gasteiger partial charge in [-0.15, -0.1) is 0 Å². The van der Waals surface area contributed by atoms with Crippen LogP contribution in [-0.4, -0.2) is 45.2 Å². The summed E-state index contributed by atoms with van der Waals surface area (Å²) in [5.74, 6) is 0.416. The molecule has 0 atom stereocenters. The molecule has 1 amide bonds. The largest absolute Gasteiger partial charge is 0.494 e. The lowest BCUT2D eigenvalue weighted by molar-refractivity contribution is -0.114. The molecule has 0 aliphatic heterocycles. The first-order valence-electron chi connectivity index (χ1n) is 10.8. The van der Waals surface area contributed by atoms with Gasteiger partial charge in [-0.2, -0.15) is 0 Å². The molecular formula is C25H32N4O5. The van der Waals surface area contributed by atoms with E-state index in [1.807, 2.05) is 37.3 Å². The zero-order valence-electron chi connectivity index (χ0n) is 20.3. The number of hydrogen-bond donors (Lipinski definition) is 2. The summed E-state index contributed by atoms with van der Waals surface area (Å²) in [5, 5.41) is 10.5. The topological polar surface area (TPSA) is 103 Å². The number of oxime groups is 2. The maximum atomic E-state index is 12.2. The Morgan fingerprint density at radius 1 is 1.03 bits per heavy atom. The SMILES string of the molecule is C=C(NOCc1ccccc1C(=NOC)C(=O)NC)C(=NOC)c1ccc(OCCC)cc1C. The zero-order valence-corrected chi connectivity index (χ0v) is 20.3. The van der Waals surface area contributed by atoms with Crippen LogP contribution in [0.25, 0.3) is 0 Å². The van der Waals surface area contributed by atoms with Crippen molar-refractivity contribution >= 4 is 17.3 Å². The first kappa shape index (κ1) is 26.4. The first-order valence-corrected chi connectivity index (χ1v) is 10.8. The van der Waals surface area contributed by atoms with Crippen molar-refractivity contribution in [2.75, 3.05) is 27.9 Å². The van der Waals surface area contributed by atoms with Crippen LogP contribution in [0.5, 0.6) is 5.75 Å². The predicted octanol–water partition coefficient (Wildman–Crippen LogP) is 3.47. The summed E-state index contributed by atoms with van der Waals surface area (Å²) in [6, 6.07) is 13.0. The number of carbonyl (C=O) groups is 1. The number of rotatable bonds is 13. The highest BCUT2D eigenvalue weighted by molar-refractivity contribution is 6.45. The molecule has 0 radical (unpaired) electrons. The molecule has 0 aromatic heterocycles. The molecule has 0 fully saturated rings. The van der Waals surface area contributed by atoms with E-state index in [0.717, 1.165) is 28.9 Å². The summed E-state index contributed by atoms with van der Waals surface area (Å²) in [6.45, 7) is 8.83. The van der Waals surface area contributed by atoms with Crippen LogP contribution in [-0.2, 0) is 25.9 Å². The van der Waals surface area contributed by atoms with Crippen LogP contribution in [0.15, 0.2) is 65.1 Å². The van der Waals surface area contributed by atoms with Crippen LogP contribution in [0.3, 0.4) is 0 Å². The number of ether oxygens (including phenoxy) is 1. The Bertz CT molecular complexity index is 1050. The molecule has 2 rings (SSSR count). The molecule has 0 unspecified atom stereocenters. The van der Waals surface area contributed by atoms with Gasteiger partial charge >= 0.3 is 0 Å². The van der Waals surface area contributed by atoms with Gasteiger partial charge in [-0.3, -0.25) is 15.1 Å². The Hall–Kier alpha value is -3.85. The minimum absolute atomic E-state index is 0.123. The first-order chi connectivity index (χ1) is 16.5. The van der Waals surface area contributed by atoms with Crippen LogP contribution >= 0.6 is 0 Å². The molecule has 9 heteroatoms. The lowest BCUT2D eigenvalue weighted by atomic mass is 10.0. The van der Waals surface area contributed by atoms with Gasteiger partial charge in [0.25, 0.3) is 5.91 Å². The van der Waals surface area contributed by atoms with Crippen molar-refractivity contribution in [2.24, 2.45) is 10.3 Å². The third-order valence-corrected chi connectivity index (χ3v) is 4.71. The van der Waals surface area contributed by atoms with Crippen LogP contribution < -0.4 is 15.5 Å². The van der Waals surface area contributed by atoms with Crippen molar-refractivity contribution in [3.05, 3.63) is 77.0 Å². The molecule has 0 spiro atoms. The van der Waals surface area contributed by atoms with E-state index in [0.29, 0.717) is 23.6 Å². The van der Waals surface area contributed by atoms with Crippen LogP contribution in [0, 0.1) is 6.92 Å². The standard InChI is InChI=1S/C25H32N4O5/c1-7-14-33-20-12-13-21(17(2)15-20)23(28-31-5)18(3)27-34-16-19-10-8-9-11-22(19)24(29-32-6)25(30)26-4/h8-13,15,27H,3,7,14,16H2,1-2,4-6H3,(H,26,30). The number of nitrogens with one attached hydrogen (secondary N) is 2. The lowest BCUT2D eigenvalue weighted by Gasteiger charge is -2.16. The molecule has 2 aromatic carbocycles. The maximum absolute atomic E-state index is 12.2. The Kier molecular flexibility index (Phi) is 10.6. The monoisotopic (exact) mass is 468 g/mol. The second-order valence-electron chi connectivity index (χ2n) is 7.18. The number of nitrogens with zero attached hydrogens (tertiary/aromatic N) is 2. The number of hydroxylamine groups is 1. The Morgan fingerprint density at radius 2 is 1.74 bits per heavy atom. The normalized spacial score (nSPS) is 11.6. The van der Waals surface area contributed by atoms with Gasteiger partial charge in [0.15, 0.2) is 5.71 Å². The van der Waals surface area contributed by atoms with E-state index in [4.69, 9.17) is 19.2 Å². The van der Waals surface area contributed by atoms with Gasteiger partial charge in [0.2, 0.25) is 0 Å². The zero-order chi connectivity index (χ0) is 24.9. The molecule has 0 saturated heterocycles. The Labute approximate surface area is 200 Å². The smallest absolute Gasteiger partial charge is 0.273 e. The molecule has 0 saturated carbocycles. The number of likely N-dealkylation sites (N-methyl/N-ethyl adjacent to an activating group) is 1. The van der Waals surface area contributed by atoms with Gasteiger partial charge in [-0.05, 0) is 42.7 Å². The fourth-order valence-electron chi connectivity index (χ4n) is 3.12. The number of allylic oxidation sites excluding steroid dienone is 1. The minimum Gasteiger partial charge on any atom is -0.494 e. The highest BCUT2D eigenvalue weighted by Crippen LogP contribution is 2.20. The number of hydrogen-bond acceptors (Lipinski definition) is 8. The molecular weight excluding hydrogens is 436 g/mol. The fraction of sp³-hybridized carbons (Fsp3) is 0.320. The fourth-order valence-corrected chi connectivity index (χ4v) is 3.12. The molecule has 182 valence electrons. The molecule has 0 heterocycles. The van der Waals surface area contributed by atoms with Crippen molar-refractivity contribution in [2.45, 2.75) is 26.9 Å². The highest BCUT2D eigenvalue weighted by atomic mass is 16.6. The van der Waals surface area contributed by atoms with Crippen molar-refractivity contribution in [1.29, 1.82) is 0 Å². The maximum Gasteiger partial charge on any atom is 0.273 e. The molecule has 2 N–H and O–H groups in total. The highest BCUT2D eigenvalue weighted by Gasteiger charge is 2.18. The summed E-state index contributed by atoms with van der Waals surface area (Å²) < 4.78 is 5.70. The Morgan fingerprint density at radius 3 is 2.38 bits per heavy atom. The van der Waals surface area contributed by atoms with Gasteiger partial charge in [-0.25, -0.2) is 0 Å². The van der Waals surface area contributed by atoms with Crippen molar-refractivity contribution in [3.8, 4) is 5.75 Å². The van der Waals surface area contributed by atoms with Crippen LogP contribution in [0.2, 0.25) is 0 Å². The molecule has 2 aromatic rings. The van der Waals surface area contributed by atoms with E-state index in [1.54, 1.807) is 12.1 Å². The van der Waals surface area contributed by atoms with Crippen molar-refractivity contribution in [3.63, 3.8) is 0 Å². The quantitative estimate of drug-likeness (QED) is 0.345. The van der Waals surface area contributed by atoms with Gasteiger partial charge < -0.3 is 19.7 Å². The second-order valence-corrected chi connectivity index (χ2v) is 7.18. The summed E-state index contributed by atoms with van der Waals surface area (Å²) >= 11 is 0. The summed E-state index contributed by atoms with van der Waals surface area (Å²) in [4.78, 5) is 27.8. The summed E-state index contributed by atoms with van der Waals surface area (Å²) in [5.41, 5.74) is 6.94. The Balaban J connectivity index is 2.16. The van der Waals surface area contributed by atoms with E-state index in [-0.39, 0.29) is 18.2 Å². The molecule has 0 aliphatic rings. The van der Waals surface area contributed by atoms with Gasteiger partial charge in [0.05, 0.1) is 12.3 Å². The van der Waals surface area contributed by atoms with E-state index < -0.39 is 0 Å². The summed E-state index contributed by atoms with van der Waals surface area (Å²) in [7, 11) is 4.38. The van der Waals surface area contributed by atoms with E-state index >= 15 is 0 Å². The molecule has 9 nitrogen and oxygen atoms in total. The third kappa shape index (κ3) is 7.08.